The summed E-state index contributed by atoms with van der Waals surface area (Å²) in [5.41, 5.74) is 0. The predicted octanol–water partition coefficient (Wildman–Crippen LogP) is -3.16. The van der Waals surface area contributed by atoms with E-state index in [1.165, 1.54) is 0 Å². The van der Waals surface area contributed by atoms with Crippen LogP contribution >= 0.6 is 13.5 Å². The van der Waals surface area contributed by atoms with Gasteiger partial charge in [0, 0.05) is 7.11 Å². The van der Waals surface area contributed by atoms with Gasteiger partial charge in [0.05, 0.1) is 0 Å². The Morgan fingerprint density at radius 1 is 1.50 bits per heavy atom. The van der Waals surface area contributed by atoms with Gasteiger partial charge in [-0.25, -0.2) is 0 Å². The van der Waals surface area contributed by atoms with E-state index >= 15 is 0 Å². The average molecular weight is 74.1 g/mol. The molecule has 0 aliphatic rings. The number of rotatable bonds is 0. The van der Waals surface area contributed by atoms with Crippen LogP contribution in [0.15, 0.2) is 0 Å². The van der Waals surface area contributed by atoms with Crippen molar-refractivity contribution in [2.75, 3.05) is 7.11 Å². The third-order valence-electron chi connectivity index (χ3n) is 0. The summed E-state index contributed by atoms with van der Waals surface area (Å²) in [5.74, 6) is 0. The molecular formula is CH7LiOS. The quantitative estimate of drug-likeness (QED) is 0.301. The monoisotopic (exact) mass is 74.0 g/mol. The third kappa shape index (κ3) is 12.8. The first kappa shape index (κ1) is 20.6. The van der Waals surface area contributed by atoms with Crippen molar-refractivity contribution in [1.29, 1.82) is 0 Å². The maximum absolute atomic E-state index is 7.00. The van der Waals surface area contributed by atoms with Gasteiger partial charge >= 0.3 is 18.9 Å². The molecule has 0 saturated carbocycles. The zero-order chi connectivity index (χ0) is 2.00. The molecule has 0 bridgehead atoms. The Morgan fingerprint density at radius 3 is 1.50 bits per heavy atom. The summed E-state index contributed by atoms with van der Waals surface area (Å²) >= 11 is 0. The molecule has 0 heterocycles. The van der Waals surface area contributed by atoms with E-state index in [-0.39, 0.29) is 33.8 Å². The fourth-order valence-corrected chi connectivity index (χ4v) is 0. The Balaban J connectivity index is -0.00000000167. The standard InChI is InChI=1S/CH4O.Li.H2S.H/c1-2;;;/h2H,1H3;;1H2;/q;+1;;-1. The van der Waals surface area contributed by atoms with Crippen LogP contribution in [0.3, 0.4) is 0 Å². The summed E-state index contributed by atoms with van der Waals surface area (Å²) in [5, 5.41) is 7.00. The second kappa shape index (κ2) is 40.1. The Labute approximate surface area is 46.5 Å². The summed E-state index contributed by atoms with van der Waals surface area (Å²) in [6.45, 7) is 0. The Kier molecular flexibility index (Phi) is 207. The van der Waals surface area contributed by atoms with Crippen molar-refractivity contribution in [3.63, 3.8) is 0 Å². The van der Waals surface area contributed by atoms with Crippen LogP contribution < -0.4 is 18.9 Å². The van der Waals surface area contributed by atoms with Crippen molar-refractivity contribution in [3.05, 3.63) is 0 Å². The summed E-state index contributed by atoms with van der Waals surface area (Å²) in [6.07, 6.45) is 0. The van der Waals surface area contributed by atoms with E-state index in [2.05, 4.69) is 0 Å². The SMILES string of the molecule is CO.S.[H-].[Li+]. The van der Waals surface area contributed by atoms with Crippen molar-refractivity contribution in [1.82, 2.24) is 0 Å². The fourth-order valence-electron chi connectivity index (χ4n) is 0. The second-order valence-corrected chi connectivity index (χ2v) is 0. The molecule has 0 rings (SSSR count). The van der Waals surface area contributed by atoms with Crippen LogP contribution in [0.4, 0.5) is 0 Å². The first-order chi connectivity index (χ1) is 1.00. The summed E-state index contributed by atoms with van der Waals surface area (Å²) in [6, 6.07) is 0. The second-order valence-electron chi connectivity index (χ2n) is 0. The van der Waals surface area contributed by atoms with Crippen LogP contribution in [0.25, 0.3) is 0 Å². The maximum atomic E-state index is 7.00. The first-order valence-electron chi connectivity index (χ1n) is 0.447. The fraction of sp³-hybridized carbons (Fsp3) is 1.00. The van der Waals surface area contributed by atoms with Crippen LogP contribution in [0.5, 0.6) is 0 Å². The van der Waals surface area contributed by atoms with Gasteiger partial charge in [0.1, 0.15) is 0 Å². The van der Waals surface area contributed by atoms with E-state index in [4.69, 9.17) is 5.11 Å². The van der Waals surface area contributed by atoms with Gasteiger partial charge in [-0.05, 0) is 0 Å². The Bertz CT molecular complexity index is 11.6. The maximum Gasteiger partial charge on any atom is 1.00 e. The van der Waals surface area contributed by atoms with Crippen LogP contribution in [-0.2, 0) is 0 Å². The van der Waals surface area contributed by atoms with Crippen LogP contribution in [0, 0.1) is 0 Å². The van der Waals surface area contributed by atoms with E-state index in [1.807, 2.05) is 0 Å². The van der Waals surface area contributed by atoms with E-state index in [9.17, 15) is 0 Å². The molecule has 3 heteroatoms. The molecule has 0 amide bonds. The molecule has 0 aromatic heterocycles. The Hall–Kier alpha value is 0.907. The van der Waals surface area contributed by atoms with Gasteiger partial charge in [-0.15, -0.1) is 0 Å². The number of aliphatic hydroxyl groups excluding tert-OH is 1. The van der Waals surface area contributed by atoms with Crippen molar-refractivity contribution >= 4 is 13.5 Å². The normalized spacial score (nSPS) is 1.50. The van der Waals surface area contributed by atoms with Gasteiger partial charge in [-0.2, -0.15) is 13.5 Å². The summed E-state index contributed by atoms with van der Waals surface area (Å²) < 4.78 is 0. The van der Waals surface area contributed by atoms with Gasteiger partial charge in [-0.1, -0.05) is 0 Å². The van der Waals surface area contributed by atoms with E-state index < -0.39 is 0 Å². The van der Waals surface area contributed by atoms with E-state index in [1.54, 1.807) is 0 Å². The van der Waals surface area contributed by atoms with Crippen molar-refractivity contribution in [2.45, 2.75) is 0 Å². The first-order valence-corrected chi connectivity index (χ1v) is 0.447. The molecule has 24 valence electrons. The molecule has 0 atom stereocenters. The van der Waals surface area contributed by atoms with Gasteiger partial charge in [-0.3, -0.25) is 0 Å². The number of hydrogen-bond donors (Lipinski definition) is 1. The molecule has 1 nitrogen and oxygen atoms in total. The third-order valence-corrected chi connectivity index (χ3v) is 0. The molecule has 4 heavy (non-hydrogen) atoms. The van der Waals surface area contributed by atoms with Gasteiger partial charge in [0.2, 0.25) is 0 Å². The zero-order valence-electron chi connectivity index (χ0n) is 3.95. The van der Waals surface area contributed by atoms with Crippen molar-refractivity contribution in [3.8, 4) is 0 Å². The largest absolute Gasteiger partial charge is 1.00 e. The number of aliphatic hydroxyl groups is 1. The van der Waals surface area contributed by atoms with Crippen LogP contribution in [0.2, 0.25) is 0 Å². The smallest absolute Gasteiger partial charge is 1.00 e. The van der Waals surface area contributed by atoms with Gasteiger partial charge < -0.3 is 6.53 Å². The summed E-state index contributed by atoms with van der Waals surface area (Å²) in [7, 11) is 1.00. The van der Waals surface area contributed by atoms with Crippen LogP contribution in [0.1, 0.15) is 1.43 Å². The molecule has 0 saturated heterocycles. The topological polar surface area (TPSA) is 20.2 Å². The van der Waals surface area contributed by atoms with E-state index in [0.717, 1.165) is 7.11 Å². The Morgan fingerprint density at radius 2 is 1.50 bits per heavy atom. The minimum atomic E-state index is 0. The molecule has 0 aliphatic carbocycles. The van der Waals surface area contributed by atoms with Gasteiger partial charge in [0.15, 0.2) is 0 Å². The average Bonchev–Trinajstić information content (AvgIpc) is 1.00. The molecule has 0 aliphatic heterocycles. The van der Waals surface area contributed by atoms with E-state index in [0.29, 0.717) is 0 Å². The molecule has 0 unspecified atom stereocenters. The molecule has 0 spiro atoms. The number of hydrogen-bond acceptors (Lipinski definition) is 1. The molecule has 1 N–H and O–H groups in total. The molecule has 0 radical (unpaired) electrons. The minimum absolute atomic E-state index is 0. The molecular weight excluding hydrogens is 67.0 g/mol. The van der Waals surface area contributed by atoms with Crippen LogP contribution in [-0.4, -0.2) is 12.2 Å². The molecule has 0 aromatic carbocycles. The molecule has 0 aromatic rings. The summed E-state index contributed by atoms with van der Waals surface area (Å²) in [4.78, 5) is 0. The minimum Gasteiger partial charge on any atom is -1.00 e. The van der Waals surface area contributed by atoms with Gasteiger partial charge in [0.25, 0.3) is 0 Å². The van der Waals surface area contributed by atoms with Crippen molar-refractivity contribution < 1.29 is 25.4 Å². The predicted molar refractivity (Wildman–Crippen MR) is 19.6 cm³/mol. The molecule has 0 fully saturated rings. The van der Waals surface area contributed by atoms with Crippen molar-refractivity contribution in [2.24, 2.45) is 0 Å². The zero-order valence-corrected chi connectivity index (χ0v) is 3.95.